The number of unbranched alkanes of at least 4 members (excludes halogenated alkanes) is 5. The third kappa shape index (κ3) is 5.43. The lowest BCUT2D eigenvalue weighted by Gasteiger charge is -2.52. The van der Waals surface area contributed by atoms with Crippen molar-refractivity contribution in [3.63, 3.8) is 0 Å². The number of fused-ring (bicyclic) bond motifs is 4. The molecule has 2 saturated carbocycles. The van der Waals surface area contributed by atoms with Gasteiger partial charge in [0.15, 0.2) is 5.78 Å². The van der Waals surface area contributed by atoms with Crippen LogP contribution >= 0.6 is 0 Å². The maximum absolute atomic E-state index is 12.3. The number of aryl methyl sites for hydroxylation is 1. The second-order valence-electron chi connectivity index (χ2n) is 12.6. The molecule has 4 heteroatoms. The van der Waals surface area contributed by atoms with E-state index in [0.29, 0.717) is 30.8 Å². The van der Waals surface area contributed by atoms with Crippen LogP contribution in [0.15, 0.2) is 47.1 Å². The van der Waals surface area contributed by atoms with Crippen LogP contribution in [-0.4, -0.2) is 29.6 Å². The number of allylic oxidation sites excluding steroid dienone is 4. The van der Waals surface area contributed by atoms with Gasteiger partial charge in [0.25, 0.3) is 0 Å². The zero-order valence-electron chi connectivity index (χ0n) is 23.5. The summed E-state index contributed by atoms with van der Waals surface area (Å²) in [7, 11) is 0. The molecule has 38 heavy (non-hydrogen) atoms. The molecule has 5 atom stereocenters. The topological polar surface area (TPSA) is 63.6 Å². The molecule has 0 amide bonds. The van der Waals surface area contributed by atoms with E-state index in [-0.39, 0.29) is 23.3 Å². The summed E-state index contributed by atoms with van der Waals surface area (Å²) in [4.78, 5) is 24.4. The molecule has 0 aromatic heterocycles. The van der Waals surface area contributed by atoms with Crippen molar-refractivity contribution in [3.8, 4) is 0 Å². The summed E-state index contributed by atoms with van der Waals surface area (Å²) in [5.41, 5.74) is 7.32. The van der Waals surface area contributed by atoms with Gasteiger partial charge in [0.2, 0.25) is 0 Å². The van der Waals surface area contributed by atoms with Crippen molar-refractivity contribution in [2.24, 2.45) is 17.3 Å². The van der Waals surface area contributed by atoms with Crippen molar-refractivity contribution in [2.75, 3.05) is 6.61 Å². The van der Waals surface area contributed by atoms with E-state index in [9.17, 15) is 9.59 Å². The van der Waals surface area contributed by atoms with E-state index in [4.69, 9.17) is 9.84 Å². The van der Waals surface area contributed by atoms with E-state index in [1.54, 1.807) is 12.5 Å². The van der Waals surface area contributed by atoms with Gasteiger partial charge in [0, 0.05) is 31.3 Å². The second kappa shape index (κ2) is 11.9. The first kappa shape index (κ1) is 27.4. The monoisotopic (exact) mass is 518 g/mol. The molecule has 0 unspecified atom stereocenters. The molecular weight excluding hydrogens is 472 g/mol. The molecule has 0 bridgehead atoms. The van der Waals surface area contributed by atoms with Gasteiger partial charge in [0.1, 0.15) is 6.10 Å². The Morgan fingerprint density at radius 1 is 1.00 bits per heavy atom. The Hall–Kier alpha value is -2.20. The van der Waals surface area contributed by atoms with E-state index in [1.807, 2.05) is 6.08 Å². The standard InChI is InChI=1S/C34H46O4/c1-23(36)38-32-19-18-31-29-16-14-25-21-26(37)15-17-28(25)33(29)30(22-34(31,32)2)27-13-9-8-12-24(27)11-7-5-3-4-6-10-20-35/h8-9,12-13,21,29-32,35H,3-7,10-11,14-20,22H2,1-2H3/t29-,30+,31-,32-,34-/m0/s1. The number of benzene rings is 1. The molecule has 1 aromatic rings. The van der Waals surface area contributed by atoms with Crippen molar-refractivity contribution in [1.82, 2.24) is 0 Å². The van der Waals surface area contributed by atoms with Gasteiger partial charge < -0.3 is 9.84 Å². The van der Waals surface area contributed by atoms with Gasteiger partial charge in [-0.2, -0.15) is 0 Å². The van der Waals surface area contributed by atoms with Crippen LogP contribution in [0.2, 0.25) is 0 Å². The SMILES string of the molecule is CC(=O)O[C@H]1CC[C@H]2[C@@H]3CCC4=CC(=O)CCC4=C3[C@@H](c3ccccc3CCCCCCCCO)C[C@]12C. The number of carbonyl (C=O) groups is 2. The highest BCUT2D eigenvalue weighted by Crippen LogP contribution is 2.64. The van der Waals surface area contributed by atoms with Crippen molar-refractivity contribution >= 4 is 11.8 Å². The molecule has 0 heterocycles. The molecule has 5 rings (SSSR count). The van der Waals surface area contributed by atoms with Crippen LogP contribution in [-0.2, 0) is 20.7 Å². The number of aliphatic hydroxyl groups is 1. The zero-order valence-corrected chi connectivity index (χ0v) is 23.5. The predicted octanol–water partition coefficient (Wildman–Crippen LogP) is 7.39. The summed E-state index contributed by atoms with van der Waals surface area (Å²) >= 11 is 0. The Bertz CT molecular complexity index is 1100. The first-order valence-corrected chi connectivity index (χ1v) is 15.2. The zero-order chi connectivity index (χ0) is 26.7. The molecule has 1 N–H and O–H groups in total. The van der Waals surface area contributed by atoms with Gasteiger partial charge in [-0.3, -0.25) is 9.59 Å². The normalized spacial score (nSPS) is 30.4. The Balaban J connectivity index is 1.47. The fraction of sp³-hybridized carbons (Fsp3) is 0.647. The number of hydrogen-bond donors (Lipinski definition) is 1. The predicted molar refractivity (Wildman–Crippen MR) is 151 cm³/mol. The molecule has 0 radical (unpaired) electrons. The highest BCUT2D eigenvalue weighted by atomic mass is 16.5. The Morgan fingerprint density at radius 3 is 2.55 bits per heavy atom. The number of rotatable bonds is 10. The minimum atomic E-state index is -0.156. The summed E-state index contributed by atoms with van der Waals surface area (Å²) in [5, 5.41) is 9.03. The molecule has 2 fully saturated rings. The number of esters is 1. The van der Waals surface area contributed by atoms with Crippen LogP contribution in [0.4, 0.5) is 0 Å². The molecule has 0 spiro atoms. The van der Waals surface area contributed by atoms with Crippen LogP contribution in [0.1, 0.15) is 114 Å². The van der Waals surface area contributed by atoms with Crippen molar-refractivity contribution < 1.29 is 19.4 Å². The fourth-order valence-corrected chi connectivity index (χ4v) is 8.52. The minimum Gasteiger partial charge on any atom is -0.462 e. The van der Waals surface area contributed by atoms with E-state index in [1.165, 1.54) is 48.0 Å². The Morgan fingerprint density at radius 2 is 1.76 bits per heavy atom. The molecule has 0 aliphatic heterocycles. The fourth-order valence-electron chi connectivity index (χ4n) is 8.52. The largest absolute Gasteiger partial charge is 0.462 e. The maximum Gasteiger partial charge on any atom is 0.302 e. The highest BCUT2D eigenvalue weighted by Gasteiger charge is 2.58. The summed E-state index contributed by atoms with van der Waals surface area (Å²) in [5.74, 6) is 1.51. The van der Waals surface area contributed by atoms with Gasteiger partial charge in [-0.1, -0.05) is 62.4 Å². The van der Waals surface area contributed by atoms with Crippen LogP contribution in [0.25, 0.3) is 0 Å². The van der Waals surface area contributed by atoms with Crippen molar-refractivity contribution in [3.05, 3.63) is 58.2 Å². The summed E-state index contributed by atoms with van der Waals surface area (Å²) in [6.07, 6.45) is 16.7. The molecule has 4 nitrogen and oxygen atoms in total. The lowest BCUT2D eigenvalue weighted by molar-refractivity contribution is -0.154. The lowest BCUT2D eigenvalue weighted by Crippen LogP contribution is -2.46. The summed E-state index contributed by atoms with van der Waals surface area (Å²) < 4.78 is 5.99. The highest BCUT2D eigenvalue weighted by molar-refractivity contribution is 5.93. The number of ether oxygens (including phenoxy) is 1. The molecule has 1 aromatic carbocycles. The third-order valence-corrected chi connectivity index (χ3v) is 10.2. The van der Waals surface area contributed by atoms with Gasteiger partial charge in [0.05, 0.1) is 0 Å². The summed E-state index contributed by atoms with van der Waals surface area (Å²) in [6.45, 7) is 4.26. The van der Waals surface area contributed by atoms with Crippen LogP contribution < -0.4 is 0 Å². The van der Waals surface area contributed by atoms with E-state index in [0.717, 1.165) is 57.8 Å². The number of aliphatic hydroxyl groups excluding tert-OH is 1. The van der Waals surface area contributed by atoms with Gasteiger partial charge >= 0.3 is 5.97 Å². The molecule has 0 saturated heterocycles. The van der Waals surface area contributed by atoms with Crippen molar-refractivity contribution in [1.29, 1.82) is 0 Å². The third-order valence-electron chi connectivity index (χ3n) is 10.2. The quantitative estimate of drug-likeness (QED) is 0.259. The number of hydrogen-bond acceptors (Lipinski definition) is 4. The average molecular weight is 519 g/mol. The first-order chi connectivity index (χ1) is 18.4. The molecular formula is C34H46O4. The molecule has 4 aliphatic carbocycles. The molecule has 4 aliphatic rings. The molecule has 206 valence electrons. The van der Waals surface area contributed by atoms with Crippen molar-refractivity contribution in [2.45, 2.75) is 116 Å². The Labute approximate surface area is 228 Å². The van der Waals surface area contributed by atoms with E-state index in [2.05, 4.69) is 31.2 Å². The van der Waals surface area contributed by atoms with Crippen LogP contribution in [0.3, 0.4) is 0 Å². The smallest absolute Gasteiger partial charge is 0.302 e. The van der Waals surface area contributed by atoms with Gasteiger partial charge in [-0.05, 0) is 98.0 Å². The van der Waals surface area contributed by atoms with E-state index < -0.39 is 0 Å². The summed E-state index contributed by atoms with van der Waals surface area (Å²) in [6, 6.07) is 9.07. The van der Waals surface area contributed by atoms with Gasteiger partial charge in [-0.15, -0.1) is 0 Å². The van der Waals surface area contributed by atoms with Crippen LogP contribution in [0.5, 0.6) is 0 Å². The van der Waals surface area contributed by atoms with Gasteiger partial charge in [-0.25, -0.2) is 0 Å². The van der Waals surface area contributed by atoms with E-state index >= 15 is 0 Å². The average Bonchev–Trinajstić information content (AvgIpc) is 3.22. The lowest BCUT2D eigenvalue weighted by atomic mass is 9.53. The first-order valence-electron chi connectivity index (χ1n) is 15.2. The number of carbonyl (C=O) groups excluding carboxylic acids is 2. The Kier molecular flexibility index (Phi) is 8.57. The second-order valence-corrected chi connectivity index (χ2v) is 12.6. The van der Waals surface area contributed by atoms with Crippen LogP contribution in [0, 0.1) is 17.3 Å². The maximum atomic E-state index is 12.3. The minimum absolute atomic E-state index is 0.00462. The number of ketones is 1.